The minimum Gasteiger partial charge on any atom is -0.383 e. The van der Waals surface area contributed by atoms with Gasteiger partial charge < -0.3 is 19.9 Å². The zero-order chi connectivity index (χ0) is 19.6. The highest BCUT2D eigenvalue weighted by atomic mass is 35.5. The zero-order valence-electron chi connectivity index (χ0n) is 16.3. The molecule has 27 heavy (non-hydrogen) atoms. The van der Waals surface area contributed by atoms with Gasteiger partial charge in [0.1, 0.15) is 6.54 Å². The lowest BCUT2D eigenvalue weighted by Crippen LogP contribution is -2.47. The van der Waals surface area contributed by atoms with Gasteiger partial charge in [-0.15, -0.1) is 11.8 Å². The number of likely N-dealkylation sites (N-methyl/N-ethyl adjacent to an activating group) is 1. The molecule has 0 bridgehead atoms. The van der Waals surface area contributed by atoms with Gasteiger partial charge in [-0.2, -0.15) is 0 Å². The minimum absolute atomic E-state index is 0.00535. The molecule has 1 aliphatic heterocycles. The molecule has 1 aliphatic rings. The lowest BCUT2D eigenvalue weighted by atomic mass is 10.1. The Morgan fingerprint density at radius 2 is 2.00 bits per heavy atom. The lowest BCUT2D eigenvalue weighted by molar-refractivity contribution is -0.127. The Balaban J connectivity index is 1.90. The van der Waals surface area contributed by atoms with E-state index in [2.05, 4.69) is 27.3 Å². The van der Waals surface area contributed by atoms with Gasteiger partial charge in [-0.3, -0.25) is 4.79 Å². The van der Waals surface area contributed by atoms with Crippen LogP contribution in [0.2, 0.25) is 5.02 Å². The van der Waals surface area contributed by atoms with Crippen molar-refractivity contribution in [1.29, 1.82) is 0 Å². The first-order chi connectivity index (χ1) is 13.0. The summed E-state index contributed by atoms with van der Waals surface area (Å²) in [4.78, 5) is 21.4. The van der Waals surface area contributed by atoms with Gasteiger partial charge in [-0.25, -0.2) is 4.99 Å². The number of carbonyl (C=O) groups excluding carboxylic acids is 1. The molecular formula is C19H29ClN4O2S. The number of thioether (sulfide) groups is 1. The largest absolute Gasteiger partial charge is 0.383 e. The number of nitrogens with zero attached hydrogens (tertiary/aromatic N) is 3. The minimum atomic E-state index is -0.00535. The van der Waals surface area contributed by atoms with Gasteiger partial charge in [0, 0.05) is 56.0 Å². The number of piperidine rings is 1. The molecule has 0 unspecified atom stereocenters. The van der Waals surface area contributed by atoms with Crippen LogP contribution in [0.25, 0.3) is 0 Å². The zero-order valence-corrected chi connectivity index (χ0v) is 17.9. The van der Waals surface area contributed by atoms with Crippen LogP contribution in [0, 0.1) is 0 Å². The number of benzene rings is 1. The molecule has 0 spiro atoms. The molecule has 0 aliphatic carbocycles. The molecule has 1 heterocycles. The van der Waals surface area contributed by atoms with Gasteiger partial charge in [-0.05, 0) is 37.1 Å². The Morgan fingerprint density at radius 1 is 1.33 bits per heavy atom. The van der Waals surface area contributed by atoms with Crippen LogP contribution in [0.15, 0.2) is 34.2 Å². The molecule has 1 aromatic rings. The Morgan fingerprint density at radius 3 is 2.59 bits per heavy atom. The Kier molecular flexibility index (Phi) is 9.24. The Hall–Kier alpha value is -1.44. The summed E-state index contributed by atoms with van der Waals surface area (Å²) in [5, 5.41) is 4.66. The molecule has 0 atom stereocenters. The fraction of sp³-hybridized carbons (Fsp3) is 0.579. The van der Waals surface area contributed by atoms with E-state index >= 15 is 0 Å². The molecule has 0 aromatic heterocycles. The van der Waals surface area contributed by atoms with Crippen molar-refractivity contribution in [3.05, 3.63) is 29.3 Å². The summed E-state index contributed by atoms with van der Waals surface area (Å²) in [6.45, 7) is 3.26. The van der Waals surface area contributed by atoms with Gasteiger partial charge in [0.2, 0.25) is 5.91 Å². The number of aliphatic imine (C=N–C) groups is 1. The van der Waals surface area contributed by atoms with E-state index in [4.69, 9.17) is 16.3 Å². The highest BCUT2D eigenvalue weighted by molar-refractivity contribution is 8.00. The molecule has 0 radical (unpaired) electrons. The number of likely N-dealkylation sites (tertiary alicyclic amines) is 1. The number of hydrogen-bond acceptors (Lipinski definition) is 4. The Bertz CT molecular complexity index is 617. The highest BCUT2D eigenvalue weighted by Crippen LogP contribution is 2.31. The number of halogens is 1. The smallest absolute Gasteiger partial charge is 0.243 e. The van der Waals surface area contributed by atoms with Gasteiger partial charge in [-0.1, -0.05) is 11.6 Å². The molecule has 1 fully saturated rings. The highest BCUT2D eigenvalue weighted by Gasteiger charge is 2.22. The van der Waals surface area contributed by atoms with Crippen molar-refractivity contribution < 1.29 is 9.53 Å². The van der Waals surface area contributed by atoms with Gasteiger partial charge in [0.05, 0.1) is 6.61 Å². The molecule has 2 rings (SSSR count). The van der Waals surface area contributed by atoms with Crippen molar-refractivity contribution in [2.45, 2.75) is 23.0 Å². The maximum absolute atomic E-state index is 11.9. The number of guanidine groups is 1. The summed E-state index contributed by atoms with van der Waals surface area (Å²) >= 11 is 7.86. The van der Waals surface area contributed by atoms with Crippen molar-refractivity contribution in [3.63, 3.8) is 0 Å². The summed E-state index contributed by atoms with van der Waals surface area (Å²) in [6.07, 6.45) is 2.14. The van der Waals surface area contributed by atoms with E-state index in [1.54, 1.807) is 26.1 Å². The molecule has 1 N–H and O–H groups in total. The number of nitrogens with one attached hydrogen (secondary N) is 1. The van der Waals surface area contributed by atoms with E-state index in [9.17, 15) is 4.79 Å². The molecule has 1 amide bonds. The van der Waals surface area contributed by atoms with Gasteiger partial charge in [0.25, 0.3) is 0 Å². The monoisotopic (exact) mass is 412 g/mol. The predicted molar refractivity (Wildman–Crippen MR) is 113 cm³/mol. The summed E-state index contributed by atoms with van der Waals surface area (Å²) in [6, 6.07) is 8.02. The van der Waals surface area contributed by atoms with E-state index in [-0.39, 0.29) is 12.5 Å². The number of carbonyl (C=O) groups is 1. The number of amides is 1. The van der Waals surface area contributed by atoms with E-state index in [1.807, 2.05) is 23.9 Å². The van der Waals surface area contributed by atoms with Gasteiger partial charge in [0.15, 0.2) is 5.96 Å². The first-order valence-corrected chi connectivity index (χ1v) is 10.4. The average Bonchev–Trinajstić information content (AvgIpc) is 2.67. The lowest BCUT2D eigenvalue weighted by Gasteiger charge is -2.34. The molecule has 1 saturated heterocycles. The summed E-state index contributed by atoms with van der Waals surface area (Å²) in [5.41, 5.74) is 0. The quantitative estimate of drug-likeness (QED) is 0.423. The third-order valence-electron chi connectivity index (χ3n) is 4.31. The van der Waals surface area contributed by atoms with Gasteiger partial charge >= 0.3 is 0 Å². The first kappa shape index (κ1) is 21.9. The fourth-order valence-electron chi connectivity index (χ4n) is 2.71. The number of ether oxygens (including phenoxy) is 1. The van der Waals surface area contributed by atoms with Crippen molar-refractivity contribution >= 4 is 35.2 Å². The van der Waals surface area contributed by atoms with Crippen molar-refractivity contribution in [1.82, 2.24) is 15.1 Å². The maximum Gasteiger partial charge on any atom is 0.243 e. The second-order valence-electron chi connectivity index (χ2n) is 6.61. The normalized spacial score (nSPS) is 15.7. The van der Waals surface area contributed by atoms with E-state index < -0.39 is 0 Å². The van der Waals surface area contributed by atoms with Crippen LogP contribution in [0.4, 0.5) is 0 Å². The molecular weight excluding hydrogens is 384 g/mol. The summed E-state index contributed by atoms with van der Waals surface area (Å²) < 4.78 is 5.11. The van der Waals surface area contributed by atoms with Crippen molar-refractivity contribution in [2.24, 2.45) is 4.99 Å². The number of hydrogen-bond donors (Lipinski definition) is 1. The van der Waals surface area contributed by atoms with Crippen molar-refractivity contribution in [3.8, 4) is 0 Å². The fourth-order valence-corrected chi connectivity index (χ4v) is 3.96. The van der Waals surface area contributed by atoms with Crippen LogP contribution >= 0.6 is 23.4 Å². The second-order valence-corrected chi connectivity index (χ2v) is 8.42. The topological polar surface area (TPSA) is 57.2 Å². The summed E-state index contributed by atoms with van der Waals surface area (Å²) in [7, 11) is 5.16. The number of rotatable bonds is 7. The maximum atomic E-state index is 11.9. The molecule has 1 aromatic carbocycles. The van der Waals surface area contributed by atoms with E-state index in [0.717, 1.165) is 36.9 Å². The third kappa shape index (κ3) is 7.60. The van der Waals surface area contributed by atoms with E-state index in [1.165, 1.54) is 4.90 Å². The molecule has 0 saturated carbocycles. The van der Waals surface area contributed by atoms with Crippen LogP contribution in [-0.4, -0.2) is 80.9 Å². The average molecular weight is 413 g/mol. The third-order valence-corrected chi connectivity index (χ3v) is 5.91. The summed E-state index contributed by atoms with van der Waals surface area (Å²) in [5.74, 6) is 0.784. The molecule has 8 heteroatoms. The second kappa shape index (κ2) is 11.4. The molecule has 6 nitrogen and oxygen atoms in total. The first-order valence-electron chi connectivity index (χ1n) is 9.14. The van der Waals surface area contributed by atoms with Crippen molar-refractivity contribution in [2.75, 3.05) is 54.0 Å². The SMILES string of the molecule is COCCNC(=NCC(=O)N(C)C)N1CCC(Sc2ccc(Cl)cc2)CC1. The van der Waals surface area contributed by atoms with Crippen LogP contribution < -0.4 is 5.32 Å². The standard InChI is InChI=1S/C19H29ClN4O2S/c1-23(2)18(25)14-22-19(21-10-13-26-3)24-11-8-17(9-12-24)27-16-6-4-15(20)5-7-16/h4-7,17H,8-14H2,1-3H3,(H,21,22). The van der Waals surface area contributed by atoms with Crippen LogP contribution in [-0.2, 0) is 9.53 Å². The van der Waals surface area contributed by atoms with Crippen LogP contribution in [0.1, 0.15) is 12.8 Å². The van der Waals surface area contributed by atoms with E-state index in [0.29, 0.717) is 18.4 Å². The predicted octanol–water partition coefficient (Wildman–Crippen LogP) is 2.58. The number of methoxy groups -OCH3 is 1. The molecule has 150 valence electrons. The van der Waals surface area contributed by atoms with Crippen LogP contribution in [0.5, 0.6) is 0 Å². The van der Waals surface area contributed by atoms with Crippen LogP contribution in [0.3, 0.4) is 0 Å². The Labute approximate surface area is 171 Å².